The number of amides is 1. The predicted octanol–water partition coefficient (Wildman–Crippen LogP) is 2.32. The molecule has 0 radical (unpaired) electrons. The zero-order valence-electron chi connectivity index (χ0n) is 11.0. The van der Waals surface area contributed by atoms with Gasteiger partial charge in [-0.2, -0.15) is 0 Å². The number of hydrogen-bond donors (Lipinski definition) is 1. The lowest BCUT2D eigenvalue weighted by Crippen LogP contribution is -2.37. The van der Waals surface area contributed by atoms with Crippen LogP contribution >= 0.6 is 0 Å². The van der Waals surface area contributed by atoms with Crippen LogP contribution in [-0.4, -0.2) is 36.9 Å². The molecule has 2 aliphatic rings. The molecule has 19 heavy (non-hydrogen) atoms. The smallest absolute Gasteiger partial charge is 0.411 e. The average molecular weight is 260 g/mol. The summed E-state index contributed by atoms with van der Waals surface area (Å²) in [6.07, 6.45) is 2.85. The van der Waals surface area contributed by atoms with Crippen LogP contribution in [-0.2, 0) is 4.74 Å². The third kappa shape index (κ3) is 2.73. The van der Waals surface area contributed by atoms with Crippen molar-refractivity contribution in [3.8, 4) is 0 Å². The maximum absolute atomic E-state index is 12.0. The topological polar surface area (TPSA) is 41.6 Å². The molecule has 3 rings (SSSR count). The third-order valence-electron chi connectivity index (χ3n) is 3.99. The molecular formula is C15H20N2O2. The van der Waals surface area contributed by atoms with Crippen molar-refractivity contribution >= 4 is 6.09 Å². The lowest BCUT2D eigenvalue weighted by Gasteiger charge is -2.23. The van der Waals surface area contributed by atoms with E-state index in [0.717, 1.165) is 38.9 Å². The Balaban J connectivity index is 1.65. The van der Waals surface area contributed by atoms with Crippen molar-refractivity contribution in [2.24, 2.45) is 0 Å². The largest absolute Gasteiger partial charge is 0.430 e. The molecule has 2 aliphatic heterocycles. The van der Waals surface area contributed by atoms with Gasteiger partial charge in [0.15, 0.2) is 6.23 Å². The minimum atomic E-state index is -0.185. The maximum Gasteiger partial charge on any atom is 0.411 e. The fourth-order valence-corrected chi connectivity index (χ4v) is 2.92. The van der Waals surface area contributed by atoms with Gasteiger partial charge in [-0.25, -0.2) is 4.79 Å². The van der Waals surface area contributed by atoms with Crippen molar-refractivity contribution in [3.63, 3.8) is 0 Å². The van der Waals surface area contributed by atoms with E-state index in [1.165, 1.54) is 5.56 Å². The van der Waals surface area contributed by atoms with E-state index in [1.54, 1.807) is 0 Å². The lowest BCUT2D eigenvalue weighted by atomic mass is 9.97. The normalized spacial score (nSPS) is 26.6. The van der Waals surface area contributed by atoms with Gasteiger partial charge >= 0.3 is 6.09 Å². The number of benzene rings is 1. The van der Waals surface area contributed by atoms with E-state index in [1.807, 2.05) is 23.1 Å². The molecule has 1 aromatic rings. The van der Waals surface area contributed by atoms with Gasteiger partial charge < -0.3 is 9.64 Å². The van der Waals surface area contributed by atoms with E-state index < -0.39 is 0 Å². The van der Waals surface area contributed by atoms with Crippen LogP contribution in [0.2, 0.25) is 0 Å². The van der Waals surface area contributed by atoms with Crippen LogP contribution in [0.1, 0.15) is 30.7 Å². The molecule has 1 amide bonds. The van der Waals surface area contributed by atoms with E-state index in [-0.39, 0.29) is 18.2 Å². The summed E-state index contributed by atoms with van der Waals surface area (Å²) in [4.78, 5) is 13.8. The SMILES string of the molecule is O=C(OC1NCC[C@@H]1c1ccccc1)N1CCCC1. The highest BCUT2D eigenvalue weighted by Gasteiger charge is 2.32. The number of likely N-dealkylation sites (tertiary alicyclic amines) is 1. The second-order valence-electron chi connectivity index (χ2n) is 5.26. The van der Waals surface area contributed by atoms with Gasteiger partial charge in [0.05, 0.1) is 0 Å². The quantitative estimate of drug-likeness (QED) is 0.887. The number of rotatable bonds is 2. The van der Waals surface area contributed by atoms with Gasteiger partial charge in [0.2, 0.25) is 0 Å². The van der Waals surface area contributed by atoms with Crippen LogP contribution in [0, 0.1) is 0 Å². The van der Waals surface area contributed by atoms with Crippen LogP contribution < -0.4 is 5.32 Å². The molecule has 0 spiro atoms. The summed E-state index contributed by atoms with van der Waals surface area (Å²) in [5, 5.41) is 3.29. The van der Waals surface area contributed by atoms with E-state index in [2.05, 4.69) is 17.4 Å². The first-order chi connectivity index (χ1) is 9.34. The predicted molar refractivity (Wildman–Crippen MR) is 72.9 cm³/mol. The van der Waals surface area contributed by atoms with E-state index in [0.29, 0.717) is 0 Å². The number of carbonyl (C=O) groups is 1. The van der Waals surface area contributed by atoms with Gasteiger partial charge in [0.1, 0.15) is 0 Å². The molecule has 2 atom stereocenters. The summed E-state index contributed by atoms with van der Waals surface area (Å²) < 4.78 is 5.64. The zero-order chi connectivity index (χ0) is 13.1. The van der Waals surface area contributed by atoms with Crippen LogP contribution in [0.25, 0.3) is 0 Å². The Morgan fingerprint density at radius 2 is 1.95 bits per heavy atom. The van der Waals surface area contributed by atoms with Gasteiger partial charge in [0.25, 0.3) is 0 Å². The Morgan fingerprint density at radius 1 is 1.21 bits per heavy atom. The zero-order valence-corrected chi connectivity index (χ0v) is 11.0. The summed E-state index contributed by atoms with van der Waals surface area (Å²) in [5.41, 5.74) is 1.24. The molecular weight excluding hydrogens is 240 g/mol. The van der Waals surface area contributed by atoms with Crippen LogP contribution in [0.3, 0.4) is 0 Å². The Morgan fingerprint density at radius 3 is 2.68 bits per heavy atom. The van der Waals surface area contributed by atoms with Crippen molar-refractivity contribution in [3.05, 3.63) is 35.9 Å². The fraction of sp³-hybridized carbons (Fsp3) is 0.533. The van der Waals surface area contributed by atoms with Crippen molar-refractivity contribution < 1.29 is 9.53 Å². The molecule has 2 fully saturated rings. The Hall–Kier alpha value is -1.55. The highest BCUT2D eigenvalue weighted by atomic mass is 16.6. The monoisotopic (exact) mass is 260 g/mol. The van der Waals surface area contributed by atoms with Crippen LogP contribution in [0.5, 0.6) is 0 Å². The second-order valence-corrected chi connectivity index (χ2v) is 5.26. The molecule has 0 bridgehead atoms. The Bertz CT molecular complexity index is 429. The number of nitrogens with zero attached hydrogens (tertiary/aromatic N) is 1. The van der Waals surface area contributed by atoms with E-state index >= 15 is 0 Å². The molecule has 102 valence electrons. The summed E-state index contributed by atoms with van der Waals surface area (Å²) >= 11 is 0. The van der Waals surface area contributed by atoms with Crippen molar-refractivity contribution in [1.29, 1.82) is 0 Å². The first kappa shape index (κ1) is 12.5. The first-order valence-corrected chi connectivity index (χ1v) is 7.08. The Kier molecular flexibility index (Phi) is 3.69. The molecule has 0 aliphatic carbocycles. The summed E-state index contributed by atoms with van der Waals surface area (Å²) in [5.74, 6) is 0.271. The third-order valence-corrected chi connectivity index (χ3v) is 3.99. The van der Waals surface area contributed by atoms with Gasteiger partial charge in [-0.15, -0.1) is 0 Å². The molecule has 1 N–H and O–H groups in total. The first-order valence-electron chi connectivity index (χ1n) is 7.08. The molecule has 4 heteroatoms. The van der Waals surface area contributed by atoms with Crippen LogP contribution in [0.15, 0.2) is 30.3 Å². The minimum Gasteiger partial charge on any atom is -0.430 e. The molecule has 0 aromatic heterocycles. The second kappa shape index (κ2) is 5.61. The van der Waals surface area contributed by atoms with Crippen molar-refractivity contribution in [2.75, 3.05) is 19.6 Å². The molecule has 4 nitrogen and oxygen atoms in total. The molecule has 2 heterocycles. The van der Waals surface area contributed by atoms with Gasteiger partial charge in [0, 0.05) is 19.0 Å². The van der Waals surface area contributed by atoms with Gasteiger partial charge in [-0.3, -0.25) is 5.32 Å². The van der Waals surface area contributed by atoms with Gasteiger partial charge in [-0.05, 0) is 31.4 Å². The maximum atomic E-state index is 12.0. The van der Waals surface area contributed by atoms with E-state index in [4.69, 9.17) is 4.74 Å². The fourth-order valence-electron chi connectivity index (χ4n) is 2.92. The number of hydrogen-bond acceptors (Lipinski definition) is 3. The van der Waals surface area contributed by atoms with Crippen molar-refractivity contribution in [1.82, 2.24) is 10.2 Å². The van der Waals surface area contributed by atoms with E-state index in [9.17, 15) is 4.79 Å². The minimum absolute atomic E-state index is 0.169. The average Bonchev–Trinajstić information content (AvgIpc) is 3.11. The lowest BCUT2D eigenvalue weighted by molar-refractivity contribution is 0.0539. The van der Waals surface area contributed by atoms with Crippen molar-refractivity contribution in [2.45, 2.75) is 31.4 Å². The summed E-state index contributed by atoms with van der Waals surface area (Å²) in [6.45, 7) is 2.57. The molecule has 1 aromatic carbocycles. The number of carbonyl (C=O) groups excluding carboxylic acids is 1. The molecule has 1 unspecified atom stereocenters. The highest BCUT2D eigenvalue weighted by molar-refractivity contribution is 5.68. The molecule has 2 saturated heterocycles. The molecule has 0 saturated carbocycles. The highest BCUT2D eigenvalue weighted by Crippen LogP contribution is 2.28. The van der Waals surface area contributed by atoms with Gasteiger partial charge in [-0.1, -0.05) is 30.3 Å². The van der Waals surface area contributed by atoms with Crippen LogP contribution in [0.4, 0.5) is 4.79 Å². The number of nitrogens with one attached hydrogen (secondary N) is 1. The Labute approximate surface area is 113 Å². The number of ether oxygens (including phenoxy) is 1. The standard InChI is InChI=1S/C15H20N2O2/c18-15(17-10-4-5-11-17)19-14-13(8-9-16-14)12-6-2-1-3-7-12/h1-3,6-7,13-14,16H,4-5,8-11H2/t13-,14?/m1/s1. The summed E-state index contributed by atoms with van der Waals surface area (Å²) in [7, 11) is 0. The summed E-state index contributed by atoms with van der Waals surface area (Å²) in [6, 6.07) is 10.3.